The number of hydrogen-bond donors (Lipinski definition) is 2. The van der Waals surface area contributed by atoms with Crippen LogP contribution in [0.3, 0.4) is 0 Å². The number of nitrogens with zero attached hydrogens (tertiary/aromatic N) is 2. The van der Waals surface area contributed by atoms with Crippen LogP contribution in [0.1, 0.15) is 6.92 Å². The number of aromatic nitrogens is 2. The topological polar surface area (TPSA) is 61.0 Å². The monoisotopic (exact) mass is 320 g/mol. The van der Waals surface area contributed by atoms with Crippen LogP contribution in [0, 0.1) is 3.57 Å². The molecule has 2 rings (SSSR count). The van der Waals surface area contributed by atoms with Gasteiger partial charge in [-0.1, -0.05) is 0 Å². The summed E-state index contributed by atoms with van der Waals surface area (Å²) in [5.41, 5.74) is -0.0632. The van der Waals surface area contributed by atoms with Gasteiger partial charge in [-0.25, -0.2) is 4.98 Å². The number of hydrogen-bond acceptors (Lipinski definition) is 4. The van der Waals surface area contributed by atoms with E-state index < -0.39 is 0 Å². The maximum atomic E-state index is 11.4. The van der Waals surface area contributed by atoms with Crippen molar-refractivity contribution in [1.29, 1.82) is 0 Å². The molecule has 1 aromatic rings. The van der Waals surface area contributed by atoms with E-state index in [1.54, 1.807) is 0 Å². The second kappa shape index (κ2) is 4.48. The molecule has 1 aliphatic heterocycles. The molecule has 1 fully saturated rings. The molecule has 0 radical (unpaired) electrons. The molecule has 6 heteroatoms. The number of halogens is 1. The van der Waals surface area contributed by atoms with Crippen molar-refractivity contribution >= 4 is 28.4 Å². The standard InChI is InChI=1S/C9H13IN4O/c1-6-4-14(3-2-11-6)8-7(10)9(15)13-5-12-8/h5-6,11H,2-4H2,1H3,(H,12,13,15)/t6-/m0/s1. The Morgan fingerprint density at radius 1 is 1.67 bits per heavy atom. The highest BCUT2D eigenvalue weighted by molar-refractivity contribution is 14.1. The van der Waals surface area contributed by atoms with Crippen molar-refractivity contribution in [3.63, 3.8) is 0 Å². The molecule has 0 amide bonds. The smallest absolute Gasteiger partial charge is 0.266 e. The lowest BCUT2D eigenvalue weighted by atomic mass is 10.2. The van der Waals surface area contributed by atoms with E-state index >= 15 is 0 Å². The largest absolute Gasteiger partial charge is 0.353 e. The Balaban J connectivity index is 2.28. The fourth-order valence-electron chi connectivity index (χ4n) is 1.72. The molecule has 0 aliphatic carbocycles. The summed E-state index contributed by atoms with van der Waals surface area (Å²) in [6.07, 6.45) is 1.46. The molecule has 15 heavy (non-hydrogen) atoms. The van der Waals surface area contributed by atoms with Crippen molar-refractivity contribution in [1.82, 2.24) is 15.3 Å². The van der Waals surface area contributed by atoms with E-state index in [-0.39, 0.29) is 5.56 Å². The summed E-state index contributed by atoms with van der Waals surface area (Å²) in [6.45, 7) is 4.86. The molecule has 2 N–H and O–H groups in total. The lowest BCUT2D eigenvalue weighted by molar-refractivity contribution is 0.481. The van der Waals surface area contributed by atoms with E-state index in [0.29, 0.717) is 9.61 Å². The summed E-state index contributed by atoms with van der Waals surface area (Å²) in [6, 6.07) is 0.440. The van der Waals surface area contributed by atoms with Crippen LogP contribution in [0.2, 0.25) is 0 Å². The van der Waals surface area contributed by atoms with Gasteiger partial charge in [-0.15, -0.1) is 0 Å². The van der Waals surface area contributed by atoms with E-state index in [1.165, 1.54) is 6.33 Å². The number of anilines is 1. The minimum absolute atomic E-state index is 0.0632. The van der Waals surface area contributed by atoms with E-state index in [1.807, 2.05) is 22.6 Å². The van der Waals surface area contributed by atoms with Crippen LogP contribution in [0.5, 0.6) is 0 Å². The number of piperazine rings is 1. The van der Waals surface area contributed by atoms with Crippen LogP contribution in [0.15, 0.2) is 11.1 Å². The van der Waals surface area contributed by atoms with Gasteiger partial charge in [0.15, 0.2) is 0 Å². The number of aromatic amines is 1. The molecule has 1 aromatic heterocycles. The van der Waals surface area contributed by atoms with Gasteiger partial charge >= 0.3 is 0 Å². The minimum Gasteiger partial charge on any atom is -0.353 e. The summed E-state index contributed by atoms with van der Waals surface area (Å²) >= 11 is 2.05. The molecule has 5 nitrogen and oxygen atoms in total. The van der Waals surface area contributed by atoms with Crippen molar-refractivity contribution in [2.24, 2.45) is 0 Å². The van der Waals surface area contributed by atoms with Gasteiger partial charge in [0.25, 0.3) is 5.56 Å². The summed E-state index contributed by atoms with van der Waals surface area (Å²) in [5, 5.41) is 3.36. The van der Waals surface area contributed by atoms with Crippen molar-refractivity contribution in [2.75, 3.05) is 24.5 Å². The first-order valence-corrected chi connectivity index (χ1v) is 5.98. The van der Waals surface area contributed by atoms with Crippen molar-refractivity contribution in [3.05, 3.63) is 20.3 Å². The van der Waals surface area contributed by atoms with E-state index in [9.17, 15) is 4.79 Å². The van der Waals surface area contributed by atoms with E-state index in [4.69, 9.17) is 0 Å². The molecule has 2 heterocycles. The third-order valence-electron chi connectivity index (χ3n) is 2.45. The summed E-state index contributed by atoms with van der Waals surface area (Å²) in [7, 11) is 0. The number of nitrogens with one attached hydrogen (secondary N) is 2. The lowest BCUT2D eigenvalue weighted by Gasteiger charge is -2.32. The van der Waals surface area contributed by atoms with Crippen molar-refractivity contribution in [3.8, 4) is 0 Å². The molecule has 0 saturated carbocycles. The van der Waals surface area contributed by atoms with Gasteiger partial charge in [-0.3, -0.25) is 4.79 Å². The molecule has 1 saturated heterocycles. The molecular formula is C9H13IN4O. The minimum atomic E-state index is -0.0632. The Bertz CT molecular complexity index is 405. The van der Waals surface area contributed by atoms with Crippen molar-refractivity contribution < 1.29 is 0 Å². The Morgan fingerprint density at radius 2 is 2.47 bits per heavy atom. The fraction of sp³-hybridized carbons (Fsp3) is 0.556. The quantitative estimate of drug-likeness (QED) is 0.725. The van der Waals surface area contributed by atoms with Gasteiger partial charge in [0.05, 0.1) is 6.33 Å². The lowest BCUT2D eigenvalue weighted by Crippen LogP contribution is -2.50. The molecule has 1 aliphatic rings. The maximum Gasteiger partial charge on any atom is 0.266 e. The van der Waals surface area contributed by atoms with E-state index in [0.717, 1.165) is 25.5 Å². The zero-order chi connectivity index (χ0) is 10.8. The van der Waals surface area contributed by atoms with Gasteiger partial charge in [0, 0.05) is 25.7 Å². The van der Waals surface area contributed by atoms with E-state index in [2.05, 4.69) is 27.1 Å². The normalized spacial score (nSPS) is 21.7. The van der Waals surface area contributed by atoms with Crippen LogP contribution in [-0.2, 0) is 0 Å². The van der Waals surface area contributed by atoms with Crippen molar-refractivity contribution in [2.45, 2.75) is 13.0 Å². The average Bonchev–Trinajstić information content (AvgIpc) is 2.22. The average molecular weight is 320 g/mol. The number of H-pyrrole nitrogens is 1. The van der Waals surface area contributed by atoms with Crippen LogP contribution in [0.4, 0.5) is 5.82 Å². The fourth-order valence-corrected chi connectivity index (χ4v) is 2.35. The predicted molar refractivity (Wildman–Crippen MR) is 67.3 cm³/mol. The summed E-state index contributed by atoms with van der Waals surface area (Å²) in [4.78, 5) is 20.4. The third-order valence-corrected chi connectivity index (χ3v) is 3.42. The molecular weight excluding hydrogens is 307 g/mol. The van der Waals surface area contributed by atoms with Gasteiger partial charge in [0.2, 0.25) is 0 Å². The molecule has 0 unspecified atom stereocenters. The number of rotatable bonds is 1. The highest BCUT2D eigenvalue weighted by Crippen LogP contribution is 2.16. The first-order valence-electron chi connectivity index (χ1n) is 4.90. The Hall–Kier alpha value is -0.630. The molecule has 82 valence electrons. The second-order valence-corrected chi connectivity index (χ2v) is 4.75. The van der Waals surface area contributed by atoms with Crippen LogP contribution < -0.4 is 15.8 Å². The first-order chi connectivity index (χ1) is 7.18. The van der Waals surface area contributed by atoms with Gasteiger partial charge in [0.1, 0.15) is 9.39 Å². The second-order valence-electron chi connectivity index (χ2n) is 3.67. The Kier molecular flexibility index (Phi) is 3.25. The van der Waals surface area contributed by atoms with Gasteiger partial charge in [-0.05, 0) is 29.5 Å². The Morgan fingerprint density at radius 3 is 3.20 bits per heavy atom. The highest BCUT2D eigenvalue weighted by Gasteiger charge is 2.19. The SMILES string of the molecule is C[C@H]1CN(c2nc[nH]c(=O)c2I)CCN1. The van der Waals surface area contributed by atoms with Crippen LogP contribution in [0.25, 0.3) is 0 Å². The zero-order valence-corrected chi connectivity index (χ0v) is 10.6. The maximum absolute atomic E-state index is 11.4. The molecule has 0 bridgehead atoms. The Labute approximate surface area is 101 Å². The van der Waals surface area contributed by atoms with Gasteiger partial charge < -0.3 is 15.2 Å². The van der Waals surface area contributed by atoms with Gasteiger partial charge in [-0.2, -0.15) is 0 Å². The molecule has 0 spiro atoms. The molecule has 1 atom stereocenters. The molecule has 0 aromatic carbocycles. The summed E-state index contributed by atoms with van der Waals surface area (Å²) in [5.74, 6) is 0.799. The predicted octanol–water partition coefficient (Wildman–Crippen LogP) is 0.173. The van der Waals surface area contributed by atoms with Crippen LogP contribution in [-0.4, -0.2) is 35.6 Å². The third kappa shape index (κ3) is 2.31. The highest BCUT2D eigenvalue weighted by atomic mass is 127. The zero-order valence-electron chi connectivity index (χ0n) is 8.46. The first kappa shape index (κ1) is 10.9. The van der Waals surface area contributed by atoms with Crippen LogP contribution >= 0.6 is 22.6 Å². The summed E-state index contributed by atoms with van der Waals surface area (Å²) < 4.78 is 0.671.